The van der Waals surface area contributed by atoms with Crippen LogP contribution >= 0.6 is 0 Å². The number of hydrogen-bond donors (Lipinski definition) is 1. The monoisotopic (exact) mass is 274 g/mol. The molecule has 108 valence electrons. The zero-order valence-corrected chi connectivity index (χ0v) is 12.8. The molecule has 1 aliphatic heterocycles. The molecule has 0 amide bonds. The van der Waals surface area contributed by atoms with Crippen LogP contribution in [0.4, 0.5) is 0 Å². The molecular weight excluding hydrogens is 248 g/mol. The molecule has 1 N–H and O–H groups in total. The van der Waals surface area contributed by atoms with Crippen LogP contribution in [0.2, 0.25) is 0 Å². The highest BCUT2D eigenvalue weighted by Gasteiger charge is 2.26. The van der Waals surface area contributed by atoms with Crippen LogP contribution in [0.3, 0.4) is 0 Å². The Morgan fingerprint density at radius 3 is 2.70 bits per heavy atom. The molecule has 0 saturated carbocycles. The highest BCUT2D eigenvalue weighted by molar-refractivity contribution is 6.18. The topological polar surface area (TPSA) is 44.4 Å². The maximum atomic E-state index is 4.28. The van der Waals surface area contributed by atoms with Gasteiger partial charge in [0.1, 0.15) is 12.4 Å². The Morgan fingerprint density at radius 1 is 1.35 bits per heavy atom. The van der Waals surface area contributed by atoms with Crippen molar-refractivity contribution in [3.05, 3.63) is 24.4 Å². The molecule has 0 fully saturated rings. The number of rotatable bonds is 8. The van der Waals surface area contributed by atoms with Crippen molar-refractivity contribution in [2.75, 3.05) is 0 Å². The smallest absolute Gasteiger partial charge is 0.247 e. The molecule has 4 nitrogen and oxygen atoms in total. The van der Waals surface area contributed by atoms with Crippen molar-refractivity contribution in [1.82, 2.24) is 4.98 Å². The molecule has 2 heterocycles. The lowest BCUT2D eigenvalue weighted by atomic mass is 9.88. The standard InChI is InChI=1S/C16H25N4/c1-4-5-6-14(16-19-9-10-20(16)3)11-13(2)12-15-17-7-8-18-15/h7-10,13-14H,4-6,11-12H2,1-3H3/q+1/p+1. The molecule has 0 aromatic carbocycles. The fourth-order valence-electron chi connectivity index (χ4n) is 2.90. The highest BCUT2D eigenvalue weighted by atomic mass is 15.0. The molecule has 2 rings (SSSR count). The molecule has 1 aromatic heterocycles. The normalized spacial score (nSPS) is 16.9. The maximum absolute atomic E-state index is 4.28. The second-order valence-electron chi connectivity index (χ2n) is 5.81. The van der Waals surface area contributed by atoms with Crippen molar-refractivity contribution in [2.24, 2.45) is 23.0 Å². The molecule has 20 heavy (non-hydrogen) atoms. The van der Waals surface area contributed by atoms with E-state index in [1.165, 1.54) is 31.5 Å². The molecular formula is C16H26N4+2. The van der Waals surface area contributed by atoms with E-state index in [9.17, 15) is 0 Å². The van der Waals surface area contributed by atoms with Crippen molar-refractivity contribution >= 4 is 12.4 Å². The van der Waals surface area contributed by atoms with Gasteiger partial charge in [-0.15, -0.1) is 0 Å². The molecule has 4 heteroatoms. The number of nitrogens with one attached hydrogen (secondary N) is 1. The van der Waals surface area contributed by atoms with Gasteiger partial charge in [-0.05, 0) is 18.8 Å². The Kier molecular flexibility index (Phi) is 5.39. The number of aryl methyl sites for hydroxylation is 1. The van der Waals surface area contributed by atoms with Crippen LogP contribution in [0, 0.1) is 12.1 Å². The summed E-state index contributed by atoms with van der Waals surface area (Å²) in [6, 6.07) is 0. The largest absolute Gasteiger partial charge is 0.257 e. The zero-order chi connectivity index (χ0) is 14.4. The summed E-state index contributed by atoms with van der Waals surface area (Å²) < 4.78 is 2.21. The Labute approximate surface area is 122 Å². The molecule has 2 atom stereocenters. The van der Waals surface area contributed by atoms with Gasteiger partial charge in [0.25, 0.3) is 5.82 Å². The van der Waals surface area contributed by atoms with E-state index in [0.717, 1.165) is 12.6 Å². The van der Waals surface area contributed by atoms with Crippen LogP contribution in [0.15, 0.2) is 22.4 Å². The Balaban J connectivity index is 1.94. The van der Waals surface area contributed by atoms with Gasteiger partial charge in [0.05, 0.1) is 19.4 Å². The first-order valence-electron chi connectivity index (χ1n) is 7.66. The van der Waals surface area contributed by atoms with Crippen LogP contribution in [0.5, 0.6) is 0 Å². The van der Waals surface area contributed by atoms with Gasteiger partial charge in [-0.3, -0.25) is 0 Å². The second-order valence-corrected chi connectivity index (χ2v) is 5.81. The molecule has 0 aliphatic carbocycles. The average molecular weight is 274 g/mol. The van der Waals surface area contributed by atoms with Crippen LogP contribution in [0.25, 0.3) is 0 Å². The van der Waals surface area contributed by atoms with E-state index in [1.807, 2.05) is 6.20 Å². The third-order valence-electron chi connectivity index (χ3n) is 3.93. The Morgan fingerprint density at radius 2 is 2.10 bits per heavy atom. The highest BCUT2D eigenvalue weighted by Crippen LogP contribution is 2.30. The lowest BCUT2D eigenvalue weighted by Crippen LogP contribution is -2.33. The number of aliphatic imine (C=N–C) groups is 2. The summed E-state index contributed by atoms with van der Waals surface area (Å²) in [6.45, 7) is 4.56. The van der Waals surface area contributed by atoms with Gasteiger partial charge in [-0.25, -0.2) is 9.55 Å². The summed E-state index contributed by atoms with van der Waals surface area (Å²) in [5.41, 5.74) is 0. The van der Waals surface area contributed by atoms with Gasteiger partial charge in [-0.2, -0.15) is 0 Å². The summed E-state index contributed by atoms with van der Waals surface area (Å²) in [7, 11) is 2.12. The third kappa shape index (κ3) is 3.95. The number of unbranched alkanes of at least 4 members (excludes halogenated alkanes) is 1. The first-order valence-corrected chi connectivity index (χ1v) is 7.66. The fourth-order valence-corrected chi connectivity index (χ4v) is 2.90. The second kappa shape index (κ2) is 7.27. The first-order chi connectivity index (χ1) is 9.70. The summed E-state index contributed by atoms with van der Waals surface area (Å²) in [6.07, 6.45) is 14.6. The third-order valence-corrected chi connectivity index (χ3v) is 3.93. The van der Waals surface area contributed by atoms with Crippen molar-refractivity contribution in [3.63, 3.8) is 0 Å². The first kappa shape index (κ1) is 14.8. The van der Waals surface area contributed by atoms with E-state index in [1.54, 1.807) is 12.4 Å². The van der Waals surface area contributed by atoms with Gasteiger partial charge < -0.3 is 0 Å². The minimum Gasteiger partial charge on any atom is -0.247 e. The van der Waals surface area contributed by atoms with E-state index in [4.69, 9.17) is 0 Å². The lowest BCUT2D eigenvalue weighted by molar-refractivity contribution is -0.679. The number of aromatic amines is 1. The minimum atomic E-state index is 0.597. The van der Waals surface area contributed by atoms with E-state index >= 15 is 0 Å². The van der Waals surface area contributed by atoms with Crippen LogP contribution in [-0.4, -0.2) is 17.4 Å². The predicted molar refractivity (Wildman–Crippen MR) is 82.9 cm³/mol. The number of aromatic nitrogens is 2. The van der Waals surface area contributed by atoms with Crippen molar-refractivity contribution in [2.45, 2.75) is 51.9 Å². The predicted octanol–water partition coefficient (Wildman–Crippen LogP) is 3.17. The van der Waals surface area contributed by atoms with Crippen molar-refractivity contribution < 1.29 is 4.57 Å². The van der Waals surface area contributed by atoms with E-state index in [2.05, 4.69) is 46.6 Å². The molecule has 2 unspecified atom stereocenters. The molecule has 1 aromatic rings. The zero-order valence-electron chi connectivity index (χ0n) is 12.8. The summed E-state index contributed by atoms with van der Waals surface area (Å²) in [5, 5.41) is 0. The summed E-state index contributed by atoms with van der Waals surface area (Å²) in [5.74, 6) is 2.54. The number of H-pyrrole nitrogens is 1. The lowest BCUT2D eigenvalue weighted by Gasteiger charge is -2.17. The van der Waals surface area contributed by atoms with Gasteiger partial charge in [0.2, 0.25) is 6.17 Å². The summed E-state index contributed by atoms with van der Waals surface area (Å²) >= 11 is 0. The maximum Gasteiger partial charge on any atom is 0.257 e. The number of nitrogens with zero attached hydrogens (tertiary/aromatic N) is 3. The van der Waals surface area contributed by atoms with E-state index < -0.39 is 0 Å². The SMILES string of the molecule is CCCCC(CC(C)C[C+]1N=CC=N1)c1[nH]cc[n+]1C. The van der Waals surface area contributed by atoms with Gasteiger partial charge in [0.15, 0.2) is 12.4 Å². The Hall–Kier alpha value is -1.58. The van der Waals surface area contributed by atoms with Crippen LogP contribution < -0.4 is 4.57 Å². The van der Waals surface area contributed by atoms with Gasteiger partial charge >= 0.3 is 0 Å². The number of imidazole rings is 1. The van der Waals surface area contributed by atoms with Crippen LogP contribution in [0.1, 0.15) is 57.7 Å². The molecule has 0 saturated heterocycles. The van der Waals surface area contributed by atoms with E-state index in [0.29, 0.717) is 11.8 Å². The Bertz CT molecular complexity index is 449. The fraction of sp³-hybridized carbons (Fsp3) is 0.625. The van der Waals surface area contributed by atoms with Crippen molar-refractivity contribution in [1.29, 1.82) is 0 Å². The number of hydrogen-bond acceptors (Lipinski definition) is 2. The van der Waals surface area contributed by atoms with Gasteiger partial charge in [-0.1, -0.05) is 36.7 Å². The molecule has 0 bridgehead atoms. The quantitative estimate of drug-likeness (QED) is 0.559. The van der Waals surface area contributed by atoms with Crippen LogP contribution in [-0.2, 0) is 7.05 Å². The summed E-state index contributed by atoms with van der Waals surface area (Å²) in [4.78, 5) is 12.0. The van der Waals surface area contributed by atoms with Crippen molar-refractivity contribution in [3.8, 4) is 0 Å². The molecule has 0 radical (unpaired) electrons. The average Bonchev–Trinajstić information content (AvgIpc) is 3.06. The van der Waals surface area contributed by atoms with Gasteiger partial charge in [0, 0.05) is 0 Å². The molecule has 0 spiro atoms. The van der Waals surface area contributed by atoms with E-state index in [-0.39, 0.29) is 0 Å². The minimum absolute atomic E-state index is 0.597. The molecule has 1 aliphatic rings.